The Labute approximate surface area is 141 Å². The number of hydrogen-bond acceptors (Lipinski definition) is 5. The lowest BCUT2D eigenvalue weighted by Crippen LogP contribution is -2.32. The topological polar surface area (TPSA) is 76.4 Å². The molecule has 2 atom stereocenters. The van der Waals surface area contributed by atoms with E-state index in [2.05, 4.69) is 22.7 Å². The number of aryl methyl sites for hydroxylation is 2. The molecule has 1 aromatic heterocycles. The number of carbonyl (C=O) groups excluding carboxylic acids is 1. The summed E-state index contributed by atoms with van der Waals surface area (Å²) in [6, 6.07) is 6.30. The second-order valence-electron chi connectivity index (χ2n) is 6.27. The smallest absolute Gasteiger partial charge is 0.211 e. The standard InChI is InChI=1S/C18H23N3O3/c1-11-8-15(6-7-23-11)20-16-5-4-14(9-17(16)19-10-22)18-12(2)21-24-13(18)3/h4-5,9-11,15,20H,6-8H2,1-3H3,(H,19,22). The third kappa shape index (κ3) is 3.43. The van der Waals surface area contributed by atoms with Gasteiger partial charge >= 0.3 is 0 Å². The second-order valence-corrected chi connectivity index (χ2v) is 6.27. The third-order valence-electron chi connectivity index (χ3n) is 4.40. The van der Waals surface area contributed by atoms with E-state index in [1.165, 1.54) is 0 Å². The van der Waals surface area contributed by atoms with E-state index < -0.39 is 0 Å². The Morgan fingerprint density at radius 1 is 1.29 bits per heavy atom. The molecule has 1 fully saturated rings. The van der Waals surface area contributed by atoms with Crippen LogP contribution in [0.4, 0.5) is 11.4 Å². The molecule has 3 rings (SSSR count). The minimum absolute atomic E-state index is 0.250. The predicted molar refractivity (Wildman–Crippen MR) is 93.2 cm³/mol. The van der Waals surface area contributed by atoms with Crippen molar-refractivity contribution in [3.05, 3.63) is 29.7 Å². The molecule has 1 saturated heterocycles. The van der Waals surface area contributed by atoms with Crippen LogP contribution in [0, 0.1) is 13.8 Å². The molecule has 1 amide bonds. The zero-order valence-electron chi connectivity index (χ0n) is 14.3. The number of rotatable bonds is 5. The zero-order valence-corrected chi connectivity index (χ0v) is 14.3. The first-order valence-electron chi connectivity index (χ1n) is 8.24. The normalized spacial score (nSPS) is 20.6. The Morgan fingerprint density at radius 3 is 2.79 bits per heavy atom. The highest BCUT2D eigenvalue weighted by Gasteiger charge is 2.20. The molecule has 0 radical (unpaired) electrons. The van der Waals surface area contributed by atoms with Crippen LogP contribution in [0.2, 0.25) is 0 Å². The van der Waals surface area contributed by atoms with Crippen LogP contribution < -0.4 is 10.6 Å². The SMILES string of the molecule is Cc1noc(C)c1-c1ccc(NC2CCOC(C)C2)c(NC=O)c1. The Hall–Kier alpha value is -2.34. The maximum Gasteiger partial charge on any atom is 0.211 e. The van der Waals surface area contributed by atoms with Crippen LogP contribution in [0.15, 0.2) is 22.7 Å². The monoisotopic (exact) mass is 329 g/mol. The molecular weight excluding hydrogens is 306 g/mol. The first-order chi connectivity index (χ1) is 11.6. The minimum Gasteiger partial charge on any atom is -0.380 e. The zero-order chi connectivity index (χ0) is 17.1. The molecule has 2 unspecified atom stereocenters. The van der Waals surface area contributed by atoms with Gasteiger partial charge in [-0.3, -0.25) is 4.79 Å². The highest BCUT2D eigenvalue weighted by atomic mass is 16.5. The fraction of sp³-hybridized carbons (Fsp3) is 0.444. The molecule has 24 heavy (non-hydrogen) atoms. The lowest BCUT2D eigenvalue weighted by atomic mass is 10.0. The average Bonchev–Trinajstić information content (AvgIpc) is 2.88. The van der Waals surface area contributed by atoms with Gasteiger partial charge in [0.15, 0.2) is 0 Å². The van der Waals surface area contributed by atoms with E-state index in [0.717, 1.165) is 53.4 Å². The fourth-order valence-electron chi connectivity index (χ4n) is 3.25. The van der Waals surface area contributed by atoms with Gasteiger partial charge in [0.2, 0.25) is 6.41 Å². The summed E-state index contributed by atoms with van der Waals surface area (Å²) in [4.78, 5) is 11.0. The van der Waals surface area contributed by atoms with Crippen LogP contribution in [0.3, 0.4) is 0 Å². The Balaban J connectivity index is 1.88. The molecule has 1 aliphatic heterocycles. The van der Waals surface area contributed by atoms with Crippen molar-refractivity contribution in [3.8, 4) is 11.1 Å². The number of nitrogens with one attached hydrogen (secondary N) is 2. The molecule has 6 heteroatoms. The van der Waals surface area contributed by atoms with Gasteiger partial charge in [0, 0.05) is 18.2 Å². The lowest BCUT2D eigenvalue weighted by molar-refractivity contribution is -0.105. The summed E-state index contributed by atoms with van der Waals surface area (Å²) in [6.07, 6.45) is 2.85. The van der Waals surface area contributed by atoms with Crippen molar-refractivity contribution in [1.29, 1.82) is 0 Å². The summed E-state index contributed by atoms with van der Waals surface area (Å²) in [5.74, 6) is 0.767. The molecule has 0 bridgehead atoms. The van der Waals surface area contributed by atoms with Gasteiger partial charge in [-0.2, -0.15) is 0 Å². The van der Waals surface area contributed by atoms with Crippen molar-refractivity contribution in [3.63, 3.8) is 0 Å². The van der Waals surface area contributed by atoms with Gasteiger partial charge in [0.1, 0.15) is 5.76 Å². The van der Waals surface area contributed by atoms with Crippen LogP contribution >= 0.6 is 0 Å². The van der Waals surface area contributed by atoms with Crippen molar-refractivity contribution in [2.24, 2.45) is 0 Å². The van der Waals surface area contributed by atoms with E-state index in [-0.39, 0.29) is 6.10 Å². The first kappa shape index (κ1) is 16.5. The molecule has 1 aromatic carbocycles. The van der Waals surface area contributed by atoms with Crippen LogP contribution in [-0.2, 0) is 9.53 Å². The molecule has 0 spiro atoms. The number of amides is 1. The van der Waals surface area contributed by atoms with Gasteiger partial charge in [-0.05, 0) is 51.3 Å². The molecule has 1 aliphatic rings. The number of benzene rings is 1. The van der Waals surface area contributed by atoms with E-state index in [1.54, 1.807) is 0 Å². The van der Waals surface area contributed by atoms with Gasteiger partial charge < -0.3 is 19.9 Å². The second kappa shape index (κ2) is 7.05. The summed E-state index contributed by atoms with van der Waals surface area (Å²) >= 11 is 0. The maximum atomic E-state index is 11.0. The summed E-state index contributed by atoms with van der Waals surface area (Å²) in [6.45, 7) is 6.64. The van der Waals surface area contributed by atoms with E-state index in [9.17, 15) is 4.79 Å². The minimum atomic E-state index is 0.250. The highest BCUT2D eigenvalue weighted by Crippen LogP contribution is 2.33. The van der Waals surface area contributed by atoms with Gasteiger partial charge in [0.05, 0.1) is 23.2 Å². The number of anilines is 2. The Morgan fingerprint density at radius 2 is 2.12 bits per heavy atom. The largest absolute Gasteiger partial charge is 0.380 e. The number of aromatic nitrogens is 1. The van der Waals surface area contributed by atoms with Gasteiger partial charge in [-0.25, -0.2) is 0 Å². The van der Waals surface area contributed by atoms with Gasteiger partial charge in [-0.15, -0.1) is 0 Å². The molecule has 128 valence electrons. The third-order valence-corrected chi connectivity index (χ3v) is 4.40. The van der Waals surface area contributed by atoms with Crippen molar-refractivity contribution >= 4 is 17.8 Å². The molecular formula is C18H23N3O3. The van der Waals surface area contributed by atoms with E-state index >= 15 is 0 Å². The number of carbonyl (C=O) groups is 1. The van der Waals surface area contributed by atoms with Crippen LogP contribution in [0.25, 0.3) is 11.1 Å². The van der Waals surface area contributed by atoms with Gasteiger partial charge in [0.25, 0.3) is 0 Å². The average molecular weight is 329 g/mol. The molecule has 6 nitrogen and oxygen atoms in total. The molecule has 0 saturated carbocycles. The lowest BCUT2D eigenvalue weighted by Gasteiger charge is -2.29. The van der Waals surface area contributed by atoms with Crippen LogP contribution in [0.1, 0.15) is 31.2 Å². The van der Waals surface area contributed by atoms with Crippen molar-refractivity contribution < 1.29 is 14.1 Å². The van der Waals surface area contributed by atoms with Crippen LogP contribution in [0.5, 0.6) is 0 Å². The molecule has 2 aromatic rings. The van der Waals surface area contributed by atoms with Crippen LogP contribution in [-0.4, -0.2) is 30.3 Å². The fourth-order valence-corrected chi connectivity index (χ4v) is 3.25. The van der Waals surface area contributed by atoms with E-state index in [1.807, 2.05) is 32.0 Å². The van der Waals surface area contributed by atoms with E-state index in [4.69, 9.17) is 9.26 Å². The Kier molecular flexibility index (Phi) is 4.85. The van der Waals surface area contributed by atoms with E-state index in [0.29, 0.717) is 12.5 Å². The first-order valence-corrected chi connectivity index (χ1v) is 8.24. The summed E-state index contributed by atoms with van der Waals surface area (Å²) in [5.41, 5.74) is 4.44. The quantitative estimate of drug-likeness (QED) is 0.821. The number of nitrogens with zero attached hydrogens (tertiary/aromatic N) is 1. The maximum absolute atomic E-state index is 11.0. The number of hydrogen-bond donors (Lipinski definition) is 2. The Bertz CT molecular complexity index is 707. The van der Waals surface area contributed by atoms with Crippen molar-refractivity contribution in [2.45, 2.75) is 45.8 Å². The van der Waals surface area contributed by atoms with Gasteiger partial charge in [-0.1, -0.05) is 11.2 Å². The summed E-state index contributed by atoms with van der Waals surface area (Å²) < 4.78 is 10.8. The van der Waals surface area contributed by atoms with Crippen molar-refractivity contribution in [2.75, 3.05) is 17.2 Å². The predicted octanol–water partition coefficient (Wildman–Crippen LogP) is 3.51. The number of ether oxygens (including phenoxy) is 1. The molecule has 2 N–H and O–H groups in total. The van der Waals surface area contributed by atoms with Crippen molar-refractivity contribution in [1.82, 2.24) is 5.16 Å². The highest BCUT2D eigenvalue weighted by molar-refractivity contribution is 5.85. The molecule has 2 heterocycles. The summed E-state index contributed by atoms with van der Waals surface area (Å²) in [7, 11) is 0. The summed E-state index contributed by atoms with van der Waals surface area (Å²) in [5, 5.41) is 10.3. The molecule has 0 aliphatic carbocycles.